The molecule has 1 aromatic rings. The number of carboxylic acids is 1. The molecule has 1 fully saturated rings. The van der Waals surface area contributed by atoms with Crippen LogP contribution in [-0.2, 0) is 11.2 Å². The van der Waals surface area contributed by atoms with Gasteiger partial charge in [0, 0.05) is 19.1 Å². The van der Waals surface area contributed by atoms with Crippen molar-refractivity contribution in [3.63, 3.8) is 0 Å². The quantitative estimate of drug-likeness (QED) is 0.865. The third-order valence-corrected chi connectivity index (χ3v) is 4.10. The molecule has 0 saturated carbocycles. The van der Waals surface area contributed by atoms with Crippen molar-refractivity contribution in [3.05, 3.63) is 35.4 Å². The van der Waals surface area contributed by atoms with Crippen LogP contribution in [-0.4, -0.2) is 29.1 Å². The maximum Gasteiger partial charge on any atom is 0.303 e. The van der Waals surface area contributed by atoms with Crippen molar-refractivity contribution in [2.24, 2.45) is 11.8 Å². The summed E-state index contributed by atoms with van der Waals surface area (Å²) in [5, 5.41) is 8.77. The SMILES string of the molecule is CC(C)Cc1ccc(C(C)N2CC(CC(=O)O)C2)cc1. The van der Waals surface area contributed by atoms with Gasteiger partial charge in [0.2, 0.25) is 0 Å². The molecule has 0 amide bonds. The van der Waals surface area contributed by atoms with Gasteiger partial charge in [-0.3, -0.25) is 9.69 Å². The fraction of sp³-hybridized carbons (Fsp3) is 0.588. The van der Waals surface area contributed by atoms with E-state index >= 15 is 0 Å². The Morgan fingerprint density at radius 3 is 2.35 bits per heavy atom. The number of hydrogen-bond donors (Lipinski definition) is 1. The molecule has 1 heterocycles. The van der Waals surface area contributed by atoms with Crippen molar-refractivity contribution in [2.75, 3.05) is 13.1 Å². The van der Waals surface area contributed by atoms with Crippen molar-refractivity contribution >= 4 is 5.97 Å². The van der Waals surface area contributed by atoms with E-state index in [4.69, 9.17) is 5.11 Å². The van der Waals surface area contributed by atoms with Gasteiger partial charge in [0.15, 0.2) is 0 Å². The van der Waals surface area contributed by atoms with E-state index in [1.165, 1.54) is 11.1 Å². The third-order valence-electron chi connectivity index (χ3n) is 4.10. The summed E-state index contributed by atoms with van der Waals surface area (Å²) in [4.78, 5) is 13.0. The van der Waals surface area contributed by atoms with E-state index in [9.17, 15) is 4.79 Å². The second-order valence-corrected chi connectivity index (χ2v) is 6.43. The highest BCUT2D eigenvalue weighted by Gasteiger charge is 2.32. The maximum absolute atomic E-state index is 10.7. The lowest BCUT2D eigenvalue weighted by Gasteiger charge is -2.43. The molecule has 1 saturated heterocycles. The molecule has 110 valence electrons. The molecule has 0 spiro atoms. The maximum atomic E-state index is 10.7. The van der Waals surface area contributed by atoms with Gasteiger partial charge in [-0.25, -0.2) is 0 Å². The molecule has 20 heavy (non-hydrogen) atoms. The molecule has 1 unspecified atom stereocenters. The lowest BCUT2D eigenvalue weighted by atomic mass is 9.92. The molecule has 3 heteroatoms. The average molecular weight is 275 g/mol. The minimum Gasteiger partial charge on any atom is -0.481 e. The number of carboxylic acid groups (broad SMARTS) is 1. The van der Waals surface area contributed by atoms with Crippen LogP contribution in [0.25, 0.3) is 0 Å². The molecule has 0 aromatic heterocycles. The Hall–Kier alpha value is -1.35. The van der Waals surface area contributed by atoms with Crippen LogP contribution in [0.1, 0.15) is 44.4 Å². The first-order valence-corrected chi connectivity index (χ1v) is 7.50. The summed E-state index contributed by atoms with van der Waals surface area (Å²) in [6, 6.07) is 9.26. The van der Waals surface area contributed by atoms with Gasteiger partial charge in [-0.15, -0.1) is 0 Å². The number of likely N-dealkylation sites (tertiary alicyclic amines) is 1. The highest BCUT2D eigenvalue weighted by molar-refractivity contribution is 5.67. The summed E-state index contributed by atoms with van der Waals surface area (Å²) < 4.78 is 0. The number of rotatable bonds is 6. The van der Waals surface area contributed by atoms with Crippen molar-refractivity contribution in [3.8, 4) is 0 Å². The highest BCUT2D eigenvalue weighted by Crippen LogP contribution is 2.30. The van der Waals surface area contributed by atoms with Gasteiger partial charge in [0.05, 0.1) is 6.42 Å². The number of aliphatic carboxylic acids is 1. The van der Waals surface area contributed by atoms with Gasteiger partial charge < -0.3 is 5.11 Å². The predicted octanol–water partition coefficient (Wildman–Crippen LogP) is 3.35. The van der Waals surface area contributed by atoms with Gasteiger partial charge in [0.1, 0.15) is 0 Å². The molecule has 0 aliphatic carbocycles. The minimum absolute atomic E-state index is 0.302. The smallest absolute Gasteiger partial charge is 0.303 e. The number of benzene rings is 1. The summed E-state index contributed by atoms with van der Waals surface area (Å²) in [6.45, 7) is 8.48. The van der Waals surface area contributed by atoms with Crippen LogP contribution in [0.5, 0.6) is 0 Å². The van der Waals surface area contributed by atoms with E-state index in [2.05, 4.69) is 49.9 Å². The van der Waals surface area contributed by atoms with E-state index in [1.54, 1.807) is 0 Å². The first-order valence-electron chi connectivity index (χ1n) is 7.50. The van der Waals surface area contributed by atoms with Crippen molar-refractivity contribution < 1.29 is 9.90 Å². The lowest BCUT2D eigenvalue weighted by Crippen LogP contribution is -2.48. The van der Waals surface area contributed by atoms with Crippen molar-refractivity contribution in [1.82, 2.24) is 4.90 Å². The Morgan fingerprint density at radius 1 is 1.25 bits per heavy atom. The normalized spacial score (nSPS) is 18.0. The van der Waals surface area contributed by atoms with Crippen LogP contribution in [0.15, 0.2) is 24.3 Å². The lowest BCUT2D eigenvalue weighted by molar-refractivity contribution is -0.139. The monoisotopic (exact) mass is 275 g/mol. The highest BCUT2D eigenvalue weighted by atomic mass is 16.4. The molecule has 2 rings (SSSR count). The Kier molecular flexibility index (Phi) is 4.81. The fourth-order valence-electron chi connectivity index (χ4n) is 2.92. The van der Waals surface area contributed by atoms with Crippen molar-refractivity contribution in [1.29, 1.82) is 0 Å². The summed E-state index contributed by atoms with van der Waals surface area (Å²) in [6.07, 6.45) is 1.43. The van der Waals surface area contributed by atoms with Crippen LogP contribution in [0.4, 0.5) is 0 Å². The molecule has 0 bridgehead atoms. The van der Waals surface area contributed by atoms with Gasteiger partial charge in [-0.2, -0.15) is 0 Å². The van der Waals surface area contributed by atoms with Gasteiger partial charge >= 0.3 is 5.97 Å². The molecule has 1 aromatic carbocycles. The zero-order valence-corrected chi connectivity index (χ0v) is 12.7. The van der Waals surface area contributed by atoms with Crippen LogP contribution in [0.2, 0.25) is 0 Å². The van der Waals surface area contributed by atoms with Crippen LogP contribution in [0, 0.1) is 11.8 Å². The summed E-state index contributed by atoms with van der Waals surface area (Å²) in [5.41, 5.74) is 2.72. The van der Waals surface area contributed by atoms with Gasteiger partial charge in [-0.1, -0.05) is 38.1 Å². The fourth-order valence-corrected chi connectivity index (χ4v) is 2.92. The first-order chi connectivity index (χ1) is 9.45. The van der Waals surface area contributed by atoms with Gasteiger partial charge in [-0.05, 0) is 36.3 Å². The van der Waals surface area contributed by atoms with Crippen LogP contribution < -0.4 is 0 Å². The Bertz CT molecular complexity index is 447. The second kappa shape index (κ2) is 6.40. The molecule has 1 aliphatic heterocycles. The first kappa shape index (κ1) is 15.0. The standard InChI is InChI=1S/C17H25NO2/c1-12(2)8-14-4-6-16(7-5-14)13(3)18-10-15(11-18)9-17(19)20/h4-7,12-13,15H,8-11H2,1-3H3,(H,19,20). The van der Waals surface area contributed by atoms with E-state index in [0.717, 1.165) is 19.5 Å². The summed E-state index contributed by atoms with van der Waals surface area (Å²) >= 11 is 0. The molecule has 1 atom stereocenters. The molecule has 1 aliphatic rings. The number of hydrogen-bond acceptors (Lipinski definition) is 2. The zero-order chi connectivity index (χ0) is 14.7. The number of carbonyl (C=O) groups is 1. The summed E-state index contributed by atoms with van der Waals surface area (Å²) in [5.74, 6) is 0.334. The Morgan fingerprint density at radius 2 is 1.85 bits per heavy atom. The van der Waals surface area contributed by atoms with E-state index in [1.807, 2.05) is 0 Å². The largest absolute Gasteiger partial charge is 0.481 e. The molecular weight excluding hydrogens is 250 g/mol. The average Bonchev–Trinajstić information content (AvgIpc) is 2.32. The third kappa shape index (κ3) is 3.83. The number of nitrogens with zero attached hydrogens (tertiary/aromatic N) is 1. The molecular formula is C17H25NO2. The Labute approximate surface area is 121 Å². The van der Waals surface area contributed by atoms with E-state index in [0.29, 0.717) is 24.3 Å². The van der Waals surface area contributed by atoms with E-state index in [-0.39, 0.29) is 0 Å². The topological polar surface area (TPSA) is 40.5 Å². The second-order valence-electron chi connectivity index (χ2n) is 6.43. The molecule has 0 radical (unpaired) electrons. The van der Waals surface area contributed by atoms with Crippen molar-refractivity contribution in [2.45, 2.75) is 39.7 Å². The molecule has 1 N–H and O–H groups in total. The van der Waals surface area contributed by atoms with Crippen LogP contribution in [0.3, 0.4) is 0 Å². The van der Waals surface area contributed by atoms with E-state index < -0.39 is 5.97 Å². The van der Waals surface area contributed by atoms with Crippen LogP contribution >= 0.6 is 0 Å². The summed E-state index contributed by atoms with van der Waals surface area (Å²) in [7, 11) is 0. The predicted molar refractivity (Wildman–Crippen MR) is 80.7 cm³/mol. The Balaban J connectivity index is 1.87. The molecule has 3 nitrogen and oxygen atoms in total. The zero-order valence-electron chi connectivity index (χ0n) is 12.7. The minimum atomic E-state index is -0.680. The van der Waals surface area contributed by atoms with Gasteiger partial charge in [0.25, 0.3) is 0 Å².